The van der Waals surface area contributed by atoms with Gasteiger partial charge < -0.3 is 0 Å². The lowest BCUT2D eigenvalue weighted by Crippen LogP contribution is -1.96. The van der Waals surface area contributed by atoms with Crippen LogP contribution in [0.2, 0.25) is 0 Å². The predicted octanol–water partition coefficient (Wildman–Crippen LogP) is 1.86. The van der Waals surface area contributed by atoms with E-state index >= 15 is 0 Å². The van der Waals surface area contributed by atoms with E-state index in [-0.39, 0.29) is 0 Å². The first-order chi connectivity index (χ1) is 4.39. The minimum Gasteiger partial charge on any atom is -0.119 e. The molecule has 0 aliphatic carbocycles. The van der Waals surface area contributed by atoms with Crippen LogP contribution in [0.5, 0.6) is 0 Å². The molecule has 52 valence electrons. The van der Waals surface area contributed by atoms with Crippen LogP contribution in [-0.2, 0) is 13.6 Å². The highest BCUT2D eigenvalue weighted by atomic mass is 31.1. The fourth-order valence-corrected chi connectivity index (χ4v) is 1.33. The molecule has 1 heterocycles. The first-order valence-electron chi connectivity index (χ1n) is 3.13. The fourth-order valence-electron chi connectivity index (χ4n) is 0.696. The maximum Gasteiger partial charge on any atom is 0.697 e. The van der Waals surface area contributed by atoms with Crippen LogP contribution < -0.4 is 0 Å². The normalized spacial score (nSPS) is 22.9. The van der Waals surface area contributed by atoms with Gasteiger partial charge in [0.1, 0.15) is 13.2 Å². The molecule has 0 saturated carbocycles. The predicted molar refractivity (Wildman–Crippen MR) is 33.4 cm³/mol. The molecule has 1 saturated heterocycles. The third kappa shape index (κ3) is 2.89. The Morgan fingerprint density at radius 2 is 1.56 bits per heavy atom. The number of hydrogen-bond donors (Lipinski definition) is 0. The summed E-state index contributed by atoms with van der Waals surface area (Å²) in [6, 6.07) is 0. The van der Waals surface area contributed by atoms with E-state index in [0.717, 1.165) is 19.3 Å². The maximum atomic E-state index is 10.5. The molecule has 0 atom stereocenters. The monoisotopic (exact) mass is 149 g/mol. The lowest BCUT2D eigenvalue weighted by atomic mass is 10.2. The number of rotatable bonds is 0. The minimum atomic E-state index is -1.79. The largest absolute Gasteiger partial charge is 0.697 e. The van der Waals surface area contributed by atoms with E-state index in [2.05, 4.69) is 0 Å². The second-order valence-corrected chi connectivity index (χ2v) is 2.91. The van der Waals surface area contributed by atoms with Crippen LogP contribution >= 0.6 is 8.25 Å². The van der Waals surface area contributed by atoms with Crippen LogP contribution in [-0.4, -0.2) is 13.2 Å². The summed E-state index contributed by atoms with van der Waals surface area (Å²) in [7, 11) is -1.79. The van der Waals surface area contributed by atoms with Gasteiger partial charge in [-0.25, -0.2) is 0 Å². The Hall–Kier alpha value is 0.0200. The Bertz CT molecular complexity index is 94.4. The molecule has 4 heteroatoms. The molecule has 9 heavy (non-hydrogen) atoms. The highest BCUT2D eigenvalue weighted by molar-refractivity contribution is 7.33. The van der Waals surface area contributed by atoms with E-state index in [1.54, 1.807) is 0 Å². The Morgan fingerprint density at radius 3 is 2.11 bits per heavy atom. The van der Waals surface area contributed by atoms with Gasteiger partial charge in [0, 0.05) is 4.57 Å². The van der Waals surface area contributed by atoms with Gasteiger partial charge in [0.05, 0.1) is 0 Å². The maximum absolute atomic E-state index is 10.5. The van der Waals surface area contributed by atoms with Crippen molar-refractivity contribution in [2.45, 2.75) is 19.3 Å². The minimum absolute atomic E-state index is 0.579. The van der Waals surface area contributed by atoms with Gasteiger partial charge in [-0.3, -0.25) is 0 Å². The van der Waals surface area contributed by atoms with Crippen LogP contribution in [0.4, 0.5) is 0 Å². The Morgan fingerprint density at radius 1 is 1.00 bits per heavy atom. The van der Waals surface area contributed by atoms with Crippen LogP contribution in [0.3, 0.4) is 0 Å². The van der Waals surface area contributed by atoms with E-state index in [1.165, 1.54) is 0 Å². The lowest BCUT2D eigenvalue weighted by Gasteiger charge is -1.97. The summed E-state index contributed by atoms with van der Waals surface area (Å²) in [5.41, 5.74) is 0. The molecule has 0 bridgehead atoms. The van der Waals surface area contributed by atoms with Crippen LogP contribution in [0.15, 0.2) is 0 Å². The Labute approximate surface area is 55.3 Å². The average molecular weight is 149 g/mol. The summed E-state index contributed by atoms with van der Waals surface area (Å²) >= 11 is 0. The molecule has 0 aromatic heterocycles. The molecule has 1 aliphatic rings. The van der Waals surface area contributed by atoms with Crippen molar-refractivity contribution in [1.29, 1.82) is 0 Å². The summed E-state index contributed by atoms with van der Waals surface area (Å²) in [6.45, 7) is 1.16. The topological polar surface area (TPSA) is 35.5 Å². The van der Waals surface area contributed by atoms with Crippen molar-refractivity contribution in [2.75, 3.05) is 13.2 Å². The van der Waals surface area contributed by atoms with Crippen molar-refractivity contribution in [1.82, 2.24) is 0 Å². The quantitative estimate of drug-likeness (QED) is 0.493. The summed E-state index contributed by atoms with van der Waals surface area (Å²) in [6.07, 6.45) is 3.12. The third-order valence-electron chi connectivity index (χ3n) is 1.18. The molecule has 0 N–H and O–H groups in total. The van der Waals surface area contributed by atoms with Gasteiger partial charge in [-0.15, -0.1) is 9.05 Å². The zero-order valence-electron chi connectivity index (χ0n) is 5.21. The van der Waals surface area contributed by atoms with Crippen molar-refractivity contribution in [3.8, 4) is 0 Å². The first-order valence-corrected chi connectivity index (χ1v) is 4.22. The molecule has 1 aliphatic heterocycles. The summed E-state index contributed by atoms with van der Waals surface area (Å²) in [5.74, 6) is 0. The van der Waals surface area contributed by atoms with E-state index in [9.17, 15) is 4.57 Å². The fraction of sp³-hybridized carbons (Fsp3) is 1.00. The van der Waals surface area contributed by atoms with Gasteiger partial charge in [-0.1, -0.05) is 0 Å². The van der Waals surface area contributed by atoms with Gasteiger partial charge in [0.25, 0.3) is 0 Å². The van der Waals surface area contributed by atoms with Crippen LogP contribution in [0.25, 0.3) is 0 Å². The van der Waals surface area contributed by atoms with Crippen molar-refractivity contribution in [3.63, 3.8) is 0 Å². The summed E-state index contributed by atoms with van der Waals surface area (Å²) in [5, 5.41) is 0. The summed E-state index contributed by atoms with van der Waals surface area (Å²) in [4.78, 5) is 0. The Kier molecular flexibility index (Phi) is 3.12. The highest BCUT2D eigenvalue weighted by Gasteiger charge is 2.20. The van der Waals surface area contributed by atoms with E-state index in [1.807, 2.05) is 0 Å². The summed E-state index contributed by atoms with van der Waals surface area (Å²) < 4.78 is 20.1. The van der Waals surface area contributed by atoms with Gasteiger partial charge in [-0.05, 0) is 19.3 Å². The van der Waals surface area contributed by atoms with E-state index < -0.39 is 8.25 Å². The highest BCUT2D eigenvalue weighted by Crippen LogP contribution is 2.26. The molecule has 0 radical (unpaired) electrons. The molecule has 3 nitrogen and oxygen atoms in total. The molecular formula is C5H10O3P+. The molecule has 0 aromatic carbocycles. The molecule has 1 fully saturated rings. The molecule has 0 aromatic rings. The van der Waals surface area contributed by atoms with Gasteiger partial charge in [-0.2, -0.15) is 0 Å². The second-order valence-electron chi connectivity index (χ2n) is 1.95. The first kappa shape index (κ1) is 7.13. The van der Waals surface area contributed by atoms with Gasteiger partial charge >= 0.3 is 8.25 Å². The molecule has 0 spiro atoms. The van der Waals surface area contributed by atoms with Gasteiger partial charge in [0.15, 0.2) is 0 Å². The Balaban J connectivity index is 2.20. The van der Waals surface area contributed by atoms with Crippen molar-refractivity contribution >= 4 is 8.25 Å². The molecule has 0 unspecified atom stereocenters. The lowest BCUT2D eigenvalue weighted by molar-refractivity contribution is 0.198. The van der Waals surface area contributed by atoms with Gasteiger partial charge in [0.2, 0.25) is 0 Å². The van der Waals surface area contributed by atoms with E-state index in [4.69, 9.17) is 9.05 Å². The smallest absolute Gasteiger partial charge is 0.119 e. The van der Waals surface area contributed by atoms with E-state index in [0.29, 0.717) is 13.2 Å². The SMILES string of the molecule is O=[P+]1OCCCCCO1. The average Bonchev–Trinajstić information content (AvgIpc) is 1.79. The number of hydrogen-bond acceptors (Lipinski definition) is 3. The van der Waals surface area contributed by atoms with Crippen LogP contribution in [0, 0.1) is 0 Å². The molecule has 0 amide bonds. The van der Waals surface area contributed by atoms with Crippen molar-refractivity contribution in [3.05, 3.63) is 0 Å². The van der Waals surface area contributed by atoms with Crippen LogP contribution in [0.1, 0.15) is 19.3 Å². The van der Waals surface area contributed by atoms with Crippen molar-refractivity contribution in [2.24, 2.45) is 0 Å². The standard InChI is InChI=1S/C5H10O3P/c6-9-7-4-2-1-3-5-8-9/h1-5H2/q+1. The third-order valence-corrected chi connectivity index (χ3v) is 1.97. The molecular weight excluding hydrogens is 139 g/mol. The molecule has 1 rings (SSSR count). The zero-order valence-corrected chi connectivity index (χ0v) is 6.10. The zero-order chi connectivity index (χ0) is 6.53. The second kappa shape index (κ2) is 3.94. The van der Waals surface area contributed by atoms with Crippen molar-refractivity contribution < 1.29 is 13.6 Å².